The zero-order chi connectivity index (χ0) is 23.9. The first-order valence-corrected chi connectivity index (χ1v) is 12.7. The summed E-state index contributed by atoms with van der Waals surface area (Å²) in [6.07, 6.45) is 15.7. The Balaban J connectivity index is 2.08. The molecule has 0 fully saturated rings. The number of rotatable bonds is 17. The first-order chi connectivity index (χ1) is 16.1. The summed E-state index contributed by atoms with van der Waals surface area (Å²) in [7, 11) is 0. The van der Waals surface area contributed by atoms with Crippen molar-refractivity contribution in [2.45, 2.75) is 98.0 Å². The number of hydrogen-bond acceptors (Lipinski definition) is 5. The highest BCUT2D eigenvalue weighted by molar-refractivity contribution is 5.86. The number of fused-ring (bicyclic) bond motifs is 1. The molecule has 2 aromatic rings. The van der Waals surface area contributed by atoms with E-state index in [0.29, 0.717) is 30.3 Å². The van der Waals surface area contributed by atoms with Crippen LogP contribution in [0.3, 0.4) is 0 Å². The molecule has 0 spiro atoms. The number of unbranched alkanes of at least 4 members (excludes halogenated alkanes) is 7. The van der Waals surface area contributed by atoms with Crippen LogP contribution in [0.2, 0.25) is 0 Å². The van der Waals surface area contributed by atoms with Crippen molar-refractivity contribution in [2.75, 3.05) is 13.2 Å². The minimum Gasteiger partial charge on any atom is -0.491 e. The SMILES string of the molecule is CCC=CCCOc1c(OCCCCCCCCCC)c(=O)oc2cc(OC(C)C)ccc12. The lowest BCUT2D eigenvalue weighted by Gasteiger charge is -2.15. The van der Waals surface area contributed by atoms with Crippen LogP contribution in [0.1, 0.15) is 91.9 Å². The summed E-state index contributed by atoms with van der Waals surface area (Å²) >= 11 is 0. The summed E-state index contributed by atoms with van der Waals surface area (Å²) < 4.78 is 23.3. The van der Waals surface area contributed by atoms with Crippen LogP contribution in [0.4, 0.5) is 0 Å². The zero-order valence-corrected chi connectivity index (χ0v) is 21.0. The third-order valence-corrected chi connectivity index (χ3v) is 5.34. The van der Waals surface area contributed by atoms with Crippen LogP contribution in [0, 0.1) is 0 Å². The Morgan fingerprint density at radius 1 is 0.879 bits per heavy atom. The van der Waals surface area contributed by atoms with E-state index >= 15 is 0 Å². The summed E-state index contributed by atoms with van der Waals surface area (Å²) in [6, 6.07) is 5.48. The first-order valence-electron chi connectivity index (χ1n) is 12.7. The minimum atomic E-state index is -0.511. The molecular formula is C28H42O5. The number of benzene rings is 1. The van der Waals surface area contributed by atoms with Gasteiger partial charge >= 0.3 is 5.63 Å². The average Bonchev–Trinajstić information content (AvgIpc) is 2.78. The smallest absolute Gasteiger partial charge is 0.383 e. The van der Waals surface area contributed by atoms with E-state index in [1.54, 1.807) is 6.07 Å². The Bertz CT molecular complexity index is 897. The largest absolute Gasteiger partial charge is 0.491 e. The number of hydrogen-bond donors (Lipinski definition) is 0. The molecule has 2 rings (SSSR count). The van der Waals surface area contributed by atoms with Crippen LogP contribution >= 0.6 is 0 Å². The van der Waals surface area contributed by atoms with Crippen LogP contribution in [0.15, 0.2) is 39.6 Å². The molecule has 0 unspecified atom stereocenters. The van der Waals surface area contributed by atoms with Crippen LogP contribution in [0.25, 0.3) is 11.0 Å². The van der Waals surface area contributed by atoms with Crippen LogP contribution in [-0.4, -0.2) is 19.3 Å². The van der Waals surface area contributed by atoms with E-state index in [1.165, 1.54) is 38.5 Å². The summed E-state index contributed by atoms with van der Waals surface area (Å²) in [5, 5.41) is 0.719. The summed E-state index contributed by atoms with van der Waals surface area (Å²) in [5.41, 5.74) is -0.0699. The molecule has 5 nitrogen and oxygen atoms in total. The Kier molecular flexibility index (Phi) is 12.5. The van der Waals surface area contributed by atoms with E-state index < -0.39 is 5.63 Å². The molecule has 0 amide bonds. The third kappa shape index (κ3) is 9.53. The molecular weight excluding hydrogens is 416 g/mol. The van der Waals surface area contributed by atoms with Crippen molar-refractivity contribution >= 4 is 11.0 Å². The normalized spacial score (nSPS) is 11.5. The summed E-state index contributed by atoms with van der Waals surface area (Å²) in [4.78, 5) is 12.8. The molecule has 0 aliphatic carbocycles. The average molecular weight is 459 g/mol. The molecule has 0 aliphatic rings. The van der Waals surface area contributed by atoms with E-state index in [0.717, 1.165) is 31.1 Å². The third-order valence-electron chi connectivity index (χ3n) is 5.34. The van der Waals surface area contributed by atoms with Gasteiger partial charge in [0.05, 0.1) is 24.7 Å². The van der Waals surface area contributed by atoms with E-state index in [4.69, 9.17) is 18.6 Å². The van der Waals surface area contributed by atoms with Gasteiger partial charge in [-0.1, -0.05) is 70.9 Å². The lowest BCUT2D eigenvalue weighted by molar-refractivity contribution is 0.242. The van der Waals surface area contributed by atoms with Crippen LogP contribution in [-0.2, 0) is 0 Å². The van der Waals surface area contributed by atoms with Crippen molar-refractivity contribution in [3.8, 4) is 17.2 Å². The monoisotopic (exact) mass is 458 g/mol. The number of allylic oxidation sites excluding steroid dienone is 1. The van der Waals surface area contributed by atoms with Gasteiger partial charge in [0, 0.05) is 6.07 Å². The second-order valence-electron chi connectivity index (χ2n) is 8.71. The van der Waals surface area contributed by atoms with Gasteiger partial charge in [-0.05, 0) is 45.2 Å². The second-order valence-corrected chi connectivity index (χ2v) is 8.71. The van der Waals surface area contributed by atoms with Crippen molar-refractivity contribution in [3.63, 3.8) is 0 Å². The second kappa shape index (κ2) is 15.4. The molecule has 0 atom stereocenters. The van der Waals surface area contributed by atoms with Gasteiger partial charge in [0.25, 0.3) is 0 Å². The van der Waals surface area contributed by atoms with E-state index in [1.807, 2.05) is 26.0 Å². The van der Waals surface area contributed by atoms with Crippen molar-refractivity contribution in [1.29, 1.82) is 0 Å². The van der Waals surface area contributed by atoms with Gasteiger partial charge in [-0.25, -0.2) is 4.79 Å². The molecule has 0 radical (unpaired) electrons. The van der Waals surface area contributed by atoms with Crippen molar-refractivity contribution in [2.24, 2.45) is 0 Å². The van der Waals surface area contributed by atoms with Gasteiger partial charge in [0.1, 0.15) is 11.3 Å². The molecule has 0 aliphatic heterocycles. The van der Waals surface area contributed by atoms with E-state index in [9.17, 15) is 4.79 Å². The fourth-order valence-corrected chi connectivity index (χ4v) is 3.67. The van der Waals surface area contributed by atoms with Gasteiger partial charge in [0.2, 0.25) is 5.75 Å². The molecule has 33 heavy (non-hydrogen) atoms. The van der Waals surface area contributed by atoms with Gasteiger partial charge < -0.3 is 18.6 Å². The predicted molar refractivity (Wildman–Crippen MR) is 136 cm³/mol. The van der Waals surface area contributed by atoms with Crippen molar-refractivity contribution < 1.29 is 18.6 Å². The first kappa shape index (κ1) is 26.8. The van der Waals surface area contributed by atoms with E-state index in [2.05, 4.69) is 26.0 Å². The quantitative estimate of drug-likeness (QED) is 0.137. The van der Waals surface area contributed by atoms with Crippen LogP contribution < -0.4 is 19.8 Å². The fourth-order valence-electron chi connectivity index (χ4n) is 3.67. The molecule has 0 saturated carbocycles. The number of ether oxygens (including phenoxy) is 3. The summed E-state index contributed by atoms with van der Waals surface area (Å²) in [5.74, 6) is 1.29. The minimum absolute atomic E-state index is 0.0319. The van der Waals surface area contributed by atoms with Crippen molar-refractivity contribution in [3.05, 3.63) is 40.8 Å². The van der Waals surface area contributed by atoms with E-state index in [-0.39, 0.29) is 11.9 Å². The standard InChI is InChI=1S/C28H42O5/c1-5-7-9-11-12-13-14-16-20-31-27-26(30-19-15-10-8-6-2)24-18-17-23(32-22(3)4)21-25(24)33-28(27)29/h8,10,17-18,21-22H,5-7,9,11-16,19-20H2,1-4H3. The highest BCUT2D eigenvalue weighted by atomic mass is 16.5. The molecule has 0 bridgehead atoms. The Morgan fingerprint density at radius 2 is 1.58 bits per heavy atom. The molecule has 5 heteroatoms. The molecule has 1 heterocycles. The van der Waals surface area contributed by atoms with Gasteiger partial charge in [-0.15, -0.1) is 0 Å². The molecule has 184 valence electrons. The van der Waals surface area contributed by atoms with Gasteiger partial charge in [-0.2, -0.15) is 0 Å². The Morgan fingerprint density at radius 3 is 2.27 bits per heavy atom. The molecule has 1 aromatic heterocycles. The maximum atomic E-state index is 12.8. The summed E-state index contributed by atoms with van der Waals surface area (Å²) in [6.45, 7) is 9.20. The highest BCUT2D eigenvalue weighted by Gasteiger charge is 2.18. The molecule has 0 saturated heterocycles. The topological polar surface area (TPSA) is 57.9 Å². The Labute approximate surface area is 199 Å². The zero-order valence-electron chi connectivity index (χ0n) is 21.0. The Hall–Kier alpha value is -2.43. The highest BCUT2D eigenvalue weighted by Crippen LogP contribution is 2.35. The molecule has 1 aromatic carbocycles. The van der Waals surface area contributed by atoms with Gasteiger partial charge in [0.15, 0.2) is 5.75 Å². The van der Waals surface area contributed by atoms with Crippen molar-refractivity contribution in [1.82, 2.24) is 0 Å². The maximum absolute atomic E-state index is 12.8. The lowest BCUT2D eigenvalue weighted by atomic mass is 10.1. The van der Waals surface area contributed by atoms with Gasteiger partial charge in [-0.3, -0.25) is 0 Å². The van der Waals surface area contributed by atoms with Crippen LogP contribution in [0.5, 0.6) is 17.2 Å². The lowest BCUT2D eigenvalue weighted by Crippen LogP contribution is -2.12. The fraction of sp³-hybridized carbons (Fsp3) is 0.607. The predicted octanol–water partition coefficient (Wildman–Crippen LogP) is 7.83. The maximum Gasteiger partial charge on any atom is 0.383 e. The molecule has 0 N–H and O–H groups in total.